The Kier molecular flexibility index (Phi) is 19.9. The van der Waals surface area contributed by atoms with Gasteiger partial charge in [-0.3, -0.25) is 9.59 Å². The van der Waals surface area contributed by atoms with Crippen LogP contribution in [0.3, 0.4) is 0 Å². The molecule has 0 fully saturated rings. The molecule has 180 valence electrons. The van der Waals surface area contributed by atoms with Crippen LogP contribution in [0.2, 0.25) is 0 Å². The van der Waals surface area contributed by atoms with E-state index in [0.29, 0.717) is 23.4 Å². The maximum absolute atomic E-state index is 11.9. The van der Waals surface area contributed by atoms with Gasteiger partial charge >= 0.3 is 0 Å². The Morgan fingerprint density at radius 2 is 0.900 bits per heavy atom. The van der Waals surface area contributed by atoms with Crippen LogP contribution in [0.4, 0.5) is 0 Å². The molecule has 0 aliphatic rings. The highest BCUT2D eigenvalue weighted by Crippen LogP contribution is 2.20. The summed E-state index contributed by atoms with van der Waals surface area (Å²) < 4.78 is 0. The SMILES string of the molecule is CCNCCC(CC(C)C)C(=O)C(C)C.CCNCCC(CC(C)C)C(=O)C(C)C. The number of nitrogens with one attached hydrogen (secondary N) is 2. The van der Waals surface area contributed by atoms with Gasteiger partial charge in [-0.1, -0.05) is 69.2 Å². The smallest absolute Gasteiger partial charge is 0.138 e. The number of hydrogen-bond acceptors (Lipinski definition) is 4. The molecular weight excluding hydrogens is 372 g/mol. The van der Waals surface area contributed by atoms with Crippen LogP contribution in [0.15, 0.2) is 0 Å². The van der Waals surface area contributed by atoms with E-state index < -0.39 is 0 Å². The van der Waals surface area contributed by atoms with Gasteiger partial charge in [0, 0.05) is 23.7 Å². The van der Waals surface area contributed by atoms with Gasteiger partial charge in [0.2, 0.25) is 0 Å². The van der Waals surface area contributed by atoms with Gasteiger partial charge < -0.3 is 10.6 Å². The molecule has 0 aliphatic carbocycles. The zero-order valence-electron chi connectivity index (χ0n) is 21.9. The first-order valence-electron chi connectivity index (χ1n) is 12.5. The zero-order chi connectivity index (χ0) is 23.7. The third kappa shape index (κ3) is 17.0. The van der Waals surface area contributed by atoms with Crippen molar-refractivity contribution >= 4 is 11.6 Å². The second-order valence-electron chi connectivity index (χ2n) is 10.1. The Morgan fingerprint density at radius 3 is 1.10 bits per heavy atom. The maximum Gasteiger partial charge on any atom is 0.138 e. The summed E-state index contributed by atoms with van der Waals surface area (Å²) in [6.07, 6.45) is 4.04. The first-order valence-corrected chi connectivity index (χ1v) is 12.5. The summed E-state index contributed by atoms with van der Waals surface area (Å²) in [7, 11) is 0. The lowest BCUT2D eigenvalue weighted by Gasteiger charge is -2.19. The van der Waals surface area contributed by atoms with Crippen molar-refractivity contribution in [2.75, 3.05) is 26.2 Å². The molecule has 0 spiro atoms. The molecule has 0 aromatic carbocycles. The van der Waals surface area contributed by atoms with E-state index in [1.807, 2.05) is 27.7 Å². The van der Waals surface area contributed by atoms with E-state index in [-0.39, 0.29) is 23.7 Å². The summed E-state index contributed by atoms with van der Waals surface area (Å²) in [4.78, 5) is 23.9. The molecule has 0 aliphatic heterocycles. The lowest BCUT2D eigenvalue weighted by molar-refractivity contribution is -0.127. The highest BCUT2D eigenvalue weighted by molar-refractivity contribution is 5.83. The molecule has 0 radical (unpaired) electrons. The van der Waals surface area contributed by atoms with Crippen molar-refractivity contribution in [3.63, 3.8) is 0 Å². The zero-order valence-corrected chi connectivity index (χ0v) is 21.9. The monoisotopic (exact) mass is 426 g/mol. The predicted molar refractivity (Wildman–Crippen MR) is 132 cm³/mol. The van der Waals surface area contributed by atoms with E-state index in [1.165, 1.54) is 0 Å². The van der Waals surface area contributed by atoms with Crippen molar-refractivity contribution in [3.05, 3.63) is 0 Å². The normalized spacial score (nSPS) is 13.5. The van der Waals surface area contributed by atoms with Crippen molar-refractivity contribution in [2.45, 2.75) is 94.9 Å². The Morgan fingerprint density at radius 1 is 0.600 bits per heavy atom. The van der Waals surface area contributed by atoms with Crippen molar-refractivity contribution in [1.82, 2.24) is 10.6 Å². The lowest BCUT2D eigenvalue weighted by atomic mass is 9.86. The lowest BCUT2D eigenvalue weighted by Crippen LogP contribution is -2.26. The fourth-order valence-corrected chi connectivity index (χ4v) is 3.74. The van der Waals surface area contributed by atoms with Gasteiger partial charge in [-0.05, 0) is 63.7 Å². The number of ketones is 2. The van der Waals surface area contributed by atoms with Crippen LogP contribution < -0.4 is 10.6 Å². The molecular formula is C26H54N2O2. The van der Waals surface area contributed by atoms with Gasteiger partial charge in [0.15, 0.2) is 0 Å². The van der Waals surface area contributed by atoms with E-state index in [1.54, 1.807) is 0 Å². The molecule has 30 heavy (non-hydrogen) atoms. The molecule has 4 heteroatoms. The van der Waals surface area contributed by atoms with Crippen LogP contribution in [0.5, 0.6) is 0 Å². The van der Waals surface area contributed by atoms with Gasteiger partial charge in [0.25, 0.3) is 0 Å². The van der Waals surface area contributed by atoms with Crippen molar-refractivity contribution in [3.8, 4) is 0 Å². The number of hydrogen-bond donors (Lipinski definition) is 2. The largest absolute Gasteiger partial charge is 0.317 e. The van der Waals surface area contributed by atoms with Crippen molar-refractivity contribution < 1.29 is 9.59 Å². The summed E-state index contributed by atoms with van der Waals surface area (Å²) in [5.74, 6) is 2.95. The minimum atomic E-state index is 0.176. The fraction of sp³-hybridized carbons (Fsp3) is 0.923. The second-order valence-corrected chi connectivity index (χ2v) is 10.1. The summed E-state index contributed by atoms with van der Waals surface area (Å²) in [6.45, 7) is 24.9. The number of carbonyl (C=O) groups is 2. The predicted octanol–water partition coefficient (Wildman–Crippen LogP) is 5.75. The van der Waals surface area contributed by atoms with Crippen LogP contribution in [0.1, 0.15) is 94.9 Å². The molecule has 0 aromatic heterocycles. The molecule has 0 rings (SSSR count). The summed E-state index contributed by atoms with van der Waals surface area (Å²) in [5.41, 5.74) is 0. The van der Waals surface area contributed by atoms with E-state index in [4.69, 9.17) is 0 Å². The van der Waals surface area contributed by atoms with Crippen molar-refractivity contribution in [2.24, 2.45) is 35.5 Å². The van der Waals surface area contributed by atoms with Gasteiger partial charge in [-0.25, -0.2) is 0 Å². The average Bonchev–Trinajstić information content (AvgIpc) is 2.65. The molecule has 0 saturated heterocycles. The highest BCUT2D eigenvalue weighted by Gasteiger charge is 2.22. The van der Waals surface area contributed by atoms with Crippen LogP contribution >= 0.6 is 0 Å². The van der Waals surface area contributed by atoms with E-state index in [2.05, 4.69) is 52.2 Å². The van der Waals surface area contributed by atoms with Gasteiger partial charge in [0.05, 0.1) is 0 Å². The third-order valence-corrected chi connectivity index (χ3v) is 5.29. The van der Waals surface area contributed by atoms with E-state index in [9.17, 15) is 9.59 Å². The summed E-state index contributed by atoms with van der Waals surface area (Å²) >= 11 is 0. The van der Waals surface area contributed by atoms with E-state index in [0.717, 1.165) is 51.9 Å². The molecule has 2 atom stereocenters. The Bertz CT molecular complexity index is 391. The molecule has 0 bridgehead atoms. The maximum atomic E-state index is 11.9. The first-order chi connectivity index (χ1) is 14.0. The molecule has 0 amide bonds. The van der Waals surface area contributed by atoms with Crippen LogP contribution in [-0.4, -0.2) is 37.7 Å². The Labute approximate surface area is 188 Å². The standard InChI is InChI=1S/2C13H27NO/c2*1-6-14-8-7-12(9-10(2)3)13(15)11(4)5/h2*10-12,14H,6-9H2,1-5H3. The minimum absolute atomic E-state index is 0.176. The Balaban J connectivity index is 0. The molecule has 2 N–H and O–H groups in total. The van der Waals surface area contributed by atoms with Crippen LogP contribution in [-0.2, 0) is 9.59 Å². The topological polar surface area (TPSA) is 58.2 Å². The highest BCUT2D eigenvalue weighted by atomic mass is 16.1. The van der Waals surface area contributed by atoms with Crippen molar-refractivity contribution in [1.29, 1.82) is 0 Å². The summed E-state index contributed by atoms with van der Waals surface area (Å²) in [6, 6.07) is 0. The fourth-order valence-electron chi connectivity index (χ4n) is 3.74. The average molecular weight is 427 g/mol. The number of carbonyl (C=O) groups excluding carboxylic acids is 2. The molecule has 0 heterocycles. The van der Waals surface area contributed by atoms with Gasteiger partial charge in [0.1, 0.15) is 11.6 Å². The quantitative estimate of drug-likeness (QED) is 0.309. The number of rotatable bonds is 16. The minimum Gasteiger partial charge on any atom is -0.317 e. The van der Waals surface area contributed by atoms with Gasteiger partial charge in [-0.2, -0.15) is 0 Å². The van der Waals surface area contributed by atoms with Gasteiger partial charge in [-0.15, -0.1) is 0 Å². The Hall–Kier alpha value is -0.740. The first kappa shape index (κ1) is 31.4. The second kappa shape index (κ2) is 19.0. The number of Topliss-reactive ketones (excluding diaryl/α,β-unsaturated/α-hetero) is 2. The molecule has 4 nitrogen and oxygen atoms in total. The third-order valence-electron chi connectivity index (χ3n) is 5.29. The van der Waals surface area contributed by atoms with Crippen LogP contribution in [0, 0.1) is 35.5 Å². The van der Waals surface area contributed by atoms with Crippen LogP contribution in [0.25, 0.3) is 0 Å². The molecule has 0 saturated carbocycles. The molecule has 0 aromatic rings. The summed E-state index contributed by atoms with van der Waals surface area (Å²) in [5, 5.41) is 6.59. The molecule has 2 unspecified atom stereocenters. The van der Waals surface area contributed by atoms with E-state index >= 15 is 0 Å².